The minimum Gasteiger partial charge on any atom is -0.370 e. The summed E-state index contributed by atoms with van der Waals surface area (Å²) in [5.74, 6) is 0. The molecule has 1 aromatic rings. The Morgan fingerprint density at radius 1 is 1.25 bits per heavy atom. The molecule has 2 N–H and O–H groups in total. The molecule has 0 bridgehead atoms. The zero-order chi connectivity index (χ0) is 14.2. The molecule has 112 valence electrons. The highest BCUT2D eigenvalue weighted by molar-refractivity contribution is 5.24. The second kappa shape index (κ2) is 5.49. The molecule has 2 fully saturated rings. The van der Waals surface area contributed by atoms with Gasteiger partial charge in [0.1, 0.15) is 0 Å². The van der Waals surface area contributed by atoms with Crippen LogP contribution in [0.5, 0.6) is 0 Å². The van der Waals surface area contributed by atoms with Crippen LogP contribution in [0.15, 0.2) is 0 Å². The maximum absolute atomic E-state index is 6.44. The third-order valence-electron chi connectivity index (χ3n) is 5.22. The molecule has 1 saturated heterocycles. The number of hydrogen-bond donors (Lipinski definition) is 1. The van der Waals surface area contributed by atoms with Crippen LogP contribution >= 0.6 is 0 Å². The highest BCUT2D eigenvalue weighted by Gasteiger charge is 2.40. The Kier molecular flexibility index (Phi) is 3.87. The Morgan fingerprint density at radius 2 is 2.00 bits per heavy atom. The van der Waals surface area contributed by atoms with Crippen molar-refractivity contribution in [2.45, 2.75) is 83.6 Å². The van der Waals surface area contributed by atoms with Gasteiger partial charge in [-0.2, -0.15) is 5.10 Å². The molecule has 1 aliphatic carbocycles. The van der Waals surface area contributed by atoms with E-state index in [-0.39, 0.29) is 5.60 Å². The van der Waals surface area contributed by atoms with Crippen molar-refractivity contribution in [3.8, 4) is 0 Å². The van der Waals surface area contributed by atoms with Gasteiger partial charge in [0.15, 0.2) is 0 Å². The van der Waals surface area contributed by atoms with Crippen molar-refractivity contribution in [2.75, 3.05) is 0 Å². The van der Waals surface area contributed by atoms with Gasteiger partial charge in [0.2, 0.25) is 0 Å². The van der Waals surface area contributed by atoms with E-state index >= 15 is 0 Å². The molecule has 1 unspecified atom stereocenters. The molecule has 4 nitrogen and oxygen atoms in total. The lowest BCUT2D eigenvalue weighted by Gasteiger charge is -2.33. The highest BCUT2D eigenvalue weighted by atomic mass is 16.5. The fraction of sp³-hybridized carbons (Fsp3) is 0.812. The molecule has 4 heteroatoms. The Bertz CT molecular complexity index is 474. The van der Waals surface area contributed by atoms with Crippen molar-refractivity contribution in [3.05, 3.63) is 17.0 Å². The van der Waals surface area contributed by atoms with Gasteiger partial charge in [-0.25, -0.2) is 0 Å². The lowest BCUT2D eigenvalue weighted by atomic mass is 9.83. The average Bonchev–Trinajstić information content (AvgIpc) is 2.93. The van der Waals surface area contributed by atoms with Gasteiger partial charge in [0.25, 0.3) is 0 Å². The molecule has 1 aliphatic heterocycles. The minimum absolute atomic E-state index is 0.204. The van der Waals surface area contributed by atoms with Crippen LogP contribution in [-0.2, 0) is 17.8 Å². The first-order valence-corrected chi connectivity index (χ1v) is 8.04. The summed E-state index contributed by atoms with van der Waals surface area (Å²) in [6, 6.07) is 0. The maximum atomic E-state index is 6.44. The molecule has 0 amide bonds. The molecule has 2 heterocycles. The van der Waals surface area contributed by atoms with Gasteiger partial charge in [-0.15, -0.1) is 0 Å². The quantitative estimate of drug-likeness (QED) is 0.924. The van der Waals surface area contributed by atoms with Crippen LogP contribution in [0, 0.1) is 13.8 Å². The lowest BCUT2D eigenvalue weighted by Crippen LogP contribution is -2.32. The monoisotopic (exact) mass is 277 g/mol. The van der Waals surface area contributed by atoms with E-state index in [2.05, 4.69) is 16.7 Å². The summed E-state index contributed by atoms with van der Waals surface area (Å²) >= 11 is 0. The Balaban J connectivity index is 1.67. The van der Waals surface area contributed by atoms with E-state index in [1.165, 1.54) is 56.2 Å². The van der Waals surface area contributed by atoms with Crippen LogP contribution in [0.2, 0.25) is 0 Å². The SMILES string of the molecule is Cc1nn(CC2CCC3(CCCCC3)O2)c(C)c1CN. The van der Waals surface area contributed by atoms with Crippen LogP contribution in [0.25, 0.3) is 0 Å². The van der Waals surface area contributed by atoms with Crippen molar-refractivity contribution in [2.24, 2.45) is 5.73 Å². The first kappa shape index (κ1) is 14.1. The van der Waals surface area contributed by atoms with Crippen LogP contribution in [0.1, 0.15) is 61.9 Å². The summed E-state index contributed by atoms with van der Waals surface area (Å²) in [5.41, 5.74) is 9.47. The number of rotatable bonds is 3. The summed E-state index contributed by atoms with van der Waals surface area (Å²) in [7, 11) is 0. The van der Waals surface area contributed by atoms with Crippen molar-refractivity contribution in [3.63, 3.8) is 0 Å². The van der Waals surface area contributed by atoms with E-state index < -0.39 is 0 Å². The van der Waals surface area contributed by atoms with E-state index in [1.54, 1.807) is 0 Å². The zero-order valence-corrected chi connectivity index (χ0v) is 12.8. The number of ether oxygens (including phenoxy) is 1. The Hall–Kier alpha value is -0.870. The summed E-state index contributed by atoms with van der Waals surface area (Å²) in [4.78, 5) is 0. The largest absolute Gasteiger partial charge is 0.370 e. The van der Waals surface area contributed by atoms with Crippen LogP contribution < -0.4 is 5.73 Å². The zero-order valence-electron chi connectivity index (χ0n) is 12.8. The fourth-order valence-electron chi connectivity index (χ4n) is 3.99. The molecule has 3 rings (SSSR count). The molecule has 1 atom stereocenters. The molecule has 20 heavy (non-hydrogen) atoms. The Labute approximate surface area is 121 Å². The Morgan fingerprint density at radius 3 is 2.65 bits per heavy atom. The highest BCUT2D eigenvalue weighted by Crippen LogP contribution is 2.42. The van der Waals surface area contributed by atoms with Gasteiger partial charge < -0.3 is 10.5 Å². The van der Waals surface area contributed by atoms with Gasteiger partial charge in [0.05, 0.1) is 23.9 Å². The molecule has 0 aromatic carbocycles. The minimum atomic E-state index is 0.204. The van der Waals surface area contributed by atoms with Gasteiger partial charge in [-0.3, -0.25) is 4.68 Å². The molecule has 1 saturated carbocycles. The molecule has 2 aliphatic rings. The molecular weight excluding hydrogens is 250 g/mol. The molecule has 1 spiro atoms. The predicted octanol–water partition coefficient (Wildman–Crippen LogP) is 2.84. The third kappa shape index (κ3) is 2.51. The van der Waals surface area contributed by atoms with Gasteiger partial charge >= 0.3 is 0 Å². The molecule has 1 aromatic heterocycles. The number of nitrogens with two attached hydrogens (primary N) is 1. The van der Waals surface area contributed by atoms with Crippen molar-refractivity contribution in [1.29, 1.82) is 0 Å². The van der Waals surface area contributed by atoms with Crippen LogP contribution in [0.3, 0.4) is 0 Å². The van der Waals surface area contributed by atoms with E-state index in [0.717, 1.165) is 12.2 Å². The number of hydrogen-bond acceptors (Lipinski definition) is 3. The standard InChI is InChI=1S/C16H27N3O/c1-12-15(10-17)13(2)19(18-12)11-14-6-9-16(20-14)7-4-3-5-8-16/h14H,3-11,17H2,1-2H3. The normalized spacial score (nSPS) is 25.4. The van der Waals surface area contributed by atoms with Crippen LogP contribution in [-0.4, -0.2) is 21.5 Å². The molecule has 0 radical (unpaired) electrons. The van der Waals surface area contributed by atoms with E-state index in [1.807, 2.05) is 6.92 Å². The number of aryl methyl sites for hydroxylation is 1. The van der Waals surface area contributed by atoms with Crippen LogP contribution in [0.4, 0.5) is 0 Å². The number of nitrogens with zero attached hydrogens (tertiary/aromatic N) is 2. The summed E-state index contributed by atoms with van der Waals surface area (Å²) in [5, 5.41) is 4.63. The third-order valence-corrected chi connectivity index (χ3v) is 5.22. The average molecular weight is 277 g/mol. The predicted molar refractivity (Wildman–Crippen MR) is 79.5 cm³/mol. The van der Waals surface area contributed by atoms with Crippen molar-refractivity contribution >= 4 is 0 Å². The molecular formula is C16H27N3O. The van der Waals surface area contributed by atoms with Crippen molar-refractivity contribution < 1.29 is 4.74 Å². The van der Waals surface area contributed by atoms with Crippen molar-refractivity contribution in [1.82, 2.24) is 9.78 Å². The van der Waals surface area contributed by atoms with Gasteiger partial charge in [-0.05, 0) is 39.5 Å². The second-order valence-corrected chi connectivity index (χ2v) is 6.56. The number of aromatic nitrogens is 2. The van der Waals surface area contributed by atoms with E-state index in [9.17, 15) is 0 Å². The summed E-state index contributed by atoms with van der Waals surface area (Å²) < 4.78 is 8.54. The second-order valence-electron chi connectivity index (χ2n) is 6.56. The van der Waals surface area contributed by atoms with Gasteiger partial charge in [-0.1, -0.05) is 19.3 Å². The summed E-state index contributed by atoms with van der Waals surface area (Å²) in [6.07, 6.45) is 9.32. The topological polar surface area (TPSA) is 53.1 Å². The van der Waals surface area contributed by atoms with E-state index in [4.69, 9.17) is 10.5 Å². The van der Waals surface area contributed by atoms with Gasteiger partial charge in [0, 0.05) is 17.8 Å². The first-order valence-electron chi connectivity index (χ1n) is 8.04. The maximum Gasteiger partial charge on any atom is 0.0779 e. The first-order chi connectivity index (χ1) is 9.63. The lowest BCUT2D eigenvalue weighted by molar-refractivity contribution is -0.0690. The summed E-state index contributed by atoms with van der Waals surface area (Å²) in [6.45, 7) is 5.62. The van der Waals surface area contributed by atoms with E-state index in [0.29, 0.717) is 12.6 Å². The fourth-order valence-corrected chi connectivity index (χ4v) is 3.99. The smallest absolute Gasteiger partial charge is 0.0779 e.